The van der Waals surface area contributed by atoms with Crippen LogP contribution >= 0.6 is 0 Å². The number of ketones is 1. The Morgan fingerprint density at radius 1 is 1.00 bits per heavy atom. The average Bonchev–Trinajstić information content (AvgIpc) is 3.53. The number of benzene rings is 2. The molecule has 0 fully saturated rings. The third-order valence-corrected chi connectivity index (χ3v) is 6.77. The van der Waals surface area contributed by atoms with Crippen LogP contribution in [0.3, 0.4) is 0 Å². The van der Waals surface area contributed by atoms with Crippen molar-refractivity contribution < 1.29 is 13.9 Å². The van der Waals surface area contributed by atoms with Gasteiger partial charge in [0.1, 0.15) is 17.3 Å². The Labute approximate surface area is 202 Å². The lowest BCUT2D eigenvalue weighted by atomic mass is 9.73. The number of nitrogens with one attached hydrogen (secondary N) is 2. The van der Waals surface area contributed by atoms with Crippen LogP contribution in [-0.4, -0.2) is 22.2 Å². The van der Waals surface area contributed by atoms with E-state index in [0.717, 1.165) is 28.5 Å². The van der Waals surface area contributed by atoms with Gasteiger partial charge in [-0.3, -0.25) is 14.7 Å². The van der Waals surface area contributed by atoms with Crippen LogP contribution in [0.5, 0.6) is 5.75 Å². The van der Waals surface area contributed by atoms with Crippen LogP contribution in [-0.2, 0) is 4.79 Å². The zero-order chi connectivity index (χ0) is 23.9. The molecule has 176 valence electrons. The maximum absolute atomic E-state index is 13.7. The number of aromatic amines is 1. The Bertz CT molecular complexity index is 1460. The summed E-state index contributed by atoms with van der Waals surface area (Å²) in [6.07, 6.45) is 2.60. The van der Waals surface area contributed by atoms with E-state index in [1.54, 1.807) is 6.26 Å². The summed E-state index contributed by atoms with van der Waals surface area (Å²) < 4.78 is 12.8. The maximum Gasteiger partial charge on any atom is 0.277 e. The van der Waals surface area contributed by atoms with Gasteiger partial charge in [-0.25, -0.2) is 4.68 Å². The molecule has 1 aliphatic carbocycles. The highest BCUT2D eigenvalue weighted by Crippen LogP contribution is 2.47. The first-order chi connectivity index (χ1) is 17.1. The van der Waals surface area contributed by atoms with Crippen molar-refractivity contribution in [3.8, 4) is 11.4 Å². The molecule has 0 radical (unpaired) electrons. The molecule has 6 rings (SSSR count). The molecule has 2 aromatic heterocycles. The van der Waals surface area contributed by atoms with Crippen LogP contribution in [0.4, 0.5) is 5.82 Å². The number of rotatable bonds is 5. The van der Waals surface area contributed by atoms with E-state index in [1.165, 1.54) is 4.68 Å². The van der Waals surface area contributed by atoms with Crippen LogP contribution in [0, 0.1) is 0 Å². The van der Waals surface area contributed by atoms with Gasteiger partial charge in [-0.2, -0.15) is 0 Å². The van der Waals surface area contributed by atoms with Gasteiger partial charge in [0.05, 0.1) is 24.1 Å². The monoisotopic (exact) mass is 467 g/mol. The number of carbonyl (C=O) groups excluding carboxylic acids is 1. The molecule has 2 atom stereocenters. The highest BCUT2D eigenvalue weighted by atomic mass is 16.5. The van der Waals surface area contributed by atoms with Gasteiger partial charge in [0.2, 0.25) is 0 Å². The Balaban J connectivity index is 1.50. The molecule has 0 saturated carbocycles. The fourth-order valence-electron chi connectivity index (χ4n) is 5.23. The van der Waals surface area contributed by atoms with Crippen molar-refractivity contribution in [2.24, 2.45) is 0 Å². The van der Waals surface area contributed by atoms with E-state index in [-0.39, 0.29) is 17.3 Å². The molecule has 7 heteroatoms. The third-order valence-electron chi connectivity index (χ3n) is 6.77. The highest BCUT2D eigenvalue weighted by molar-refractivity contribution is 6.01. The molecule has 3 heterocycles. The molecule has 1 aliphatic heterocycles. The van der Waals surface area contributed by atoms with Crippen molar-refractivity contribution in [2.45, 2.75) is 31.6 Å². The summed E-state index contributed by atoms with van der Waals surface area (Å²) in [4.78, 5) is 27.3. The zero-order valence-electron chi connectivity index (χ0n) is 19.3. The van der Waals surface area contributed by atoms with Crippen molar-refractivity contribution >= 4 is 11.6 Å². The Morgan fingerprint density at radius 2 is 1.80 bits per heavy atom. The molecule has 4 aromatic rings. The number of Topliss-reactive ketones (excluding diaryl/α,β-unsaturated/α-hetero) is 1. The highest BCUT2D eigenvalue weighted by Gasteiger charge is 2.41. The van der Waals surface area contributed by atoms with E-state index in [1.807, 2.05) is 73.7 Å². The first-order valence-electron chi connectivity index (χ1n) is 11.8. The van der Waals surface area contributed by atoms with Gasteiger partial charge in [-0.15, -0.1) is 0 Å². The third kappa shape index (κ3) is 3.60. The van der Waals surface area contributed by atoms with Crippen LogP contribution in [0.1, 0.15) is 48.5 Å². The minimum Gasteiger partial charge on any atom is -0.494 e. The molecule has 0 unspecified atom stereocenters. The lowest BCUT2D eigenvalue weighted by Gasteiger charge is -2.33. The van der Waals surface area contributed by atoms with E-state index in [0.29, 0.717) is 36.4 Å². The molecule has 0 bridgehead atoms. The van der Waals surface area contributed by atoms with E-state index in [9.17, 15) is 9.59 Å². The minimum atomic E-state index is -0.476. The summed E-state index contributed by atoms with van der Waals surface area (Å²) in [5.74, 6) is 1.67. The first-order valence-corrected chi connectivity index (χ1v) is 11.8. The van der Waals surface area contributed by atoms with E-state index in [2.05, 4.69) is 10.4 Å². The topological polar surface area (TPSA) is 89.3 Å². The largest absolute Gasteiger partial charge is 0.494 e. The average molecular weight is 468 g/mol. The molecule has 2 aliphatic rings. The van der Waals surface area contributed by atoms with E-state index >= 15 is 0 Å². The molecule has 0 saturated heterocycles. The van der Waals surface area contributed by atoms with Gasteiger partial charge in [0.25, 0.3) is 5.56 Å². The fourth-order valence-corrected chi connectivity index (χ4v) is 5.23. The number of aromatic nitrogens is 2. The molecular formula is C28H25N3O4. The predicted octanol–water partition coefficient (Wildman–Crippen LogP) is 5.12. The standard InChI is InChI=1S/C28H25N3O4/c1-2-34-20-12-10-17(11-13-20)24-25-21(15-18(16-22(25)32)23-9-6-14-35-23)29-27-26(24)28(33)31(30-27)19-7-4-3-5-8-19/h3-14,18,24,29-30H,2,15-16H2,1H3/t18-,24+/m1/s1. The number of hydrogen-bond donors (Lipinski definition) is 2. The number of ether oxygens (including phenoxy) is 1. The summed E-state index contributed by atoms with van der Waals surface area (Å²) in [5, 5.41) is 6.65. The molecule has 2 aromatic carbocycles. The first kappa shape index (κ1) is 21.3. The number of fused-ring (bicyclic) bond motifs is 1. The molecule has 0 spiro atoms. The van der Waals surface area contributed by atoms with Gasteiger partial charge in [-0.1, -0.05) is 30.3 Å². The number of hydrogen-bond acceptors (Lipinski definition) is 5. The molecule has 2 N–H and O–H groups in total. The van der Waals surface area contributed by atoms with Crippen LogP contribution in [0.2, 0.25) is 0 Å². The van der Waals surface area contributed by atoms with E-state index in [4.69, 9.17) is 9.15 Å². The number of allylic oxidation sites excluding steroid dienone is 2. The van der Waals surface area contributed by atoms with Gasteiger partial charge in [0, 0.05) is 29.5 Å². The van der Waals surface area contributed by atoms with Gasteiger partial charge >= 0.3 is 0 Å². The van der Waals surface area contributed by atoms with Crippen molar-refractivity contribution in [3.05, 3.63) is 112 Å². The van der Waals surface area contributed by atoms with Crippen LogP contribution in [0.25, 0.3) is 5.69 Å². The zero-order valence-corrected chi connectivity index (χ0v) is 19.3. The second-order valence-electron chi connectivity index (χ2n) is 8.87. The van der Waals surface area contributed by atoms with Crippen molar-refractivity contribution in [1.82, 2.24) is 9.78 Å². The van der Waals surface area contributed by atoms with Crippen LogP contribution < -0.4 is 15.6 Å². The Hall–Kier alpha value is -4.26. The second-order valence-corrected chi connectivity index (χ2v) is 8.87. The number of H-pyrrole nitrogens is 1. The van der Waals surface area contributed by atoms with Gasteiger partial charge in [-0.05, 0) is 55.3 Å². The molecule has 0 amide bonds. The predicted molar refractivity (Wildman–Crippen MR) is 132 cm³/mol. The smallest absolute Gasteiger partial charge is 0.277 e. The molecule has 35 heavy (non-hydrogen) atoms. The molecule has 7 nitrogen and oxygen atoms in total. The number of para-hydroxylation sites is 1. The Kier molecular flexibility index (Phi) is 5.17. The van der Waals surface area contributed by atoms with Crippen molar-refractivity contribution in [2.75, 3.05) is 11.9 Å². The number of anilines is 1. The summed E-state index contributed by atoms with van der Waals surface area (Å²) in [5.41, 5.74) is 3.46. The number of furan rings is 1. The van der Waals surface area contributed by atoms with Gasteiger partial charge < -0.3 is 14.5 Å². The summed E-state index contributed by atoms with van der Waals surface area (Å²) in [6.45, 7) is 2.50. The number of nitrogens with zero attached hydrogens (tertiary/aromatic N) is 1. The second kappa shape index (κ2) is 8.51. The van der Waals surface area contributed by atoms with Crippen molar-refractivity contribution in [1.29, 1.82) is 0 Å². The maximum atomic E-state index is 13.7. The van der Waals surface area contributed by atoms with E-state index < -0.39 is 5.92 Å². The quantitative estimate of drug-likeness (QED) is 0.426. The summed E-state index contributed by atoms with van der Waals surface area (Å²) >= 11 is 0. The van der Waals surface area contributed by atoms with Crippen LogP contribution in [0.15, 0.2) is 93.5 Å². The normalized spacial score (nSPS) is 19.2. The SMILES string of the molecule is CCOc1ccc([C@H]2C3=C(C[C@@H](c4ccco4)CC3=O)Nc3[nH]n(-c4ccccc4)c(=O)c32)cc1. The summed E-state index contributed by atoms with van der Waals surface area (Å²) in [7, 11) is 0. The number of carbonyl (C=O) groups is 1. The fraction of sp³-hybridized carbons (Fsp3) is 0.214. The van der Waals surface area contributed by atoms with Gasteiger partial charge in [0.15, 0.2) is 5.78 Å². The Morgan fingerprint density at radius 3 is 2.51 bits per heavy atom. The lowest BCUT2D eigenvalue weighted by Crippen LogP contribution is -2.31. The minimum absolute atomic E-state index is 0.0246. The molecular weight excluding hydrogens is 442 g/mol. The lowest BCUT2D eigenvalue weighted by molar-refractivity contribution is -0.116. The summed E-state index contributed by atoms with van der Waals surface area (Å²) in [6, 6.07) is 20.9. The van der Waals surface area contributed by atoms with Crippen molar-refractivity contribution in [3.63, 3.8) is 0 Å².